The zero-order valence-electron chi connectivity index (χ0n) is 12.3. The highest BCUT2D eigenvalue weighted by Crippen LogP contribution is 2.35. The molecule has 0 amide bonds. The van der Waals surface area contributed by atoms with Gasteiger partial charge in [0.2, 0.25) is 0 Å². The number of aliphatic carboxylic acids is 1. The zero-order valence-corrected chi connectivity index (χ0v) is 12.3. The first-order chi connectivity index (χ1) is 11.5. The average Bonchev–Trinajstić information content (AvgIpc) is 2.45. The first kappa shape index (κ1) is 18.6. The Labute approximate surface area is 137 Å². The molecule has 0 unspecified atom stereocenters. The monoisotopic (exact) mass is 364 g/mol. The van der Waals surface area contributed by atoms with Crippen LogP contribution in [0.25, 0.3) is 11.1 Å². The van der Waals surface area contributed by atoms with E-state index in [9.17, 15) is 31.1 Å². The van der Waals surface area contributed by atoms with E-state index < -0.39 is 36.2 Å². The third-order valence-electron chi connectivity index (χ3n) is 3.18. The molecule has 0 spiro atoms. The lowest BCUT2D eigenvalue weighted by Crippen LogP contribution is -2.16. The number of benzene rings is 2. The van der Waals surface area contributed by atoms with Crippen LogP contribution in [-0.2, 0) is 17.4 Å². The van der Waals surface area contributed by atoms with Gasteiger partial charge >= 0.3 is 18.5 Å². The molecule has 0 aliphatic carbocycles. The van der Waals surface area contributed by atoms with E-state index in [0.717, 1.165) is 42.5 Å². The normalized spacial score (nSPS) is 12.1. The SMILES string of the molecule is O=C(O)Cc1ccc(C(F)(F)F)cc1-c1ccc(OC(F)(F)F)cc1. The van der Waals surface area contributed by atoms with Crippen LogP contribution in [0.4, 0.5) is 26.3 Å². The predicted molar refractivity (Wildman–Crippen MR) is 74.9 cm³/mol. The van der Waals surface area contributed by atoms with Crippen molar-refractivity contribution in [2.45, 2.75) is 19.0 Å². The van der Waals surface area contributed by atoms with Crippen molar-refractivity contribution in [2.24, 2.45) is 0 Å². The molecule has 2 aromatic carbocycles. The summed E-state index contributed by atoms with van der Waals surface area (Å²) >= 11 is 0. The number of ether oxygens (including phenoxy) is 1. The number of rotatable bonds is 4. The second-order valence-electron chi connectivity index (χ2n) is 5.01. The highest BCUT2D eigenvalue weighted by Gasteiger charge is 2.32. The Bertz CT molecular complexity index is 763. The topological polar surface area (TPSA) is 46.5 Å². The molecule has 0 radical (unpaired) electrons. The van der Waals surface area contributed by atoms with E-state index in [-0.39, 0.29) is 16.7 Å². The largest absolute Gasteiger partial charge is 0.573 e. The molecule has 25 heavy (non-hydrogen) atoms. The van der Waals surface area contributed by atoms with Crippen molar-refractivity contribution >= 4 is 5.97 Å². The van der Waals surface area contributed by atoms with E-state index in [1.54, 1.807) is 0 Å². The van der Waals surface area contributed by atoms with Gasteiger partial charge in [0.15, 0.2) is 0 Å². The summed E-state index contributed by atoms with van der Waals surface area (Å²) in [6.45, 7) is 0. The summed E-state index contributed by atoms with van der Waals surface area (Å²) in [6, 6.07) is 6.68. The summed E-state index contributed by atoms with van der Waals surface area (Å²) in [4.78, 5) is 10.9. The van der Waals surface area contributed by atoms with Gasteiger partial charge in [0.05, 0.1) is 12.0 Å². The highest BCUT2D eigenvalue weighted by atomic mass is 19.4. The van der Waals surface area contributed by atoms with Gasteiger partial charge in [-0.2, -0.15) is 13.2 Å². The van der Waals surface area contributed by atoms with Crippen LogP contribution in [0.2, 0.25) is 0 Å². The van der Waals surface area contributed by atoms with E-state index in [1.807, 2.05) is 0 Å². The molecule has 2 aromatic rings. The fourth-order valence-electron chi connectivity index (χ4n) is 2.17. The van der Waals surface area contributed by atoms with Crippen molar-refractivity contribution in [1.29, 1.82) is 0 Å². The molecular weight excluding hydrogens is 354 g/mol. The number of halogens is 6. The standard InChI is InChI=1S/C16H10F6O3/c17-15(18,19)11-4-1-10(7-14(23)24)13(8-11)9-2-5-12(6-3-9)25-16(20,21)22/h1-6,8H,7H2,(H,23,24). The van der Waals surface area contributed by atoms with Gasteiger partial charge in [-0.3, -0.25) is 4.79 Å². The molecule has 0 saturated heterocycles. The Morgan fingerprint density at radius 2 is 1.56 bits per heavy atom. The number of alkyl halides is 6. The van der Waals surface area contributed by atoms with Gasteiger partial charge in [0, 0.05) is 0 Å². The van der Waals surface area contributed by atoms with Gasteiger partial charge in [-0.05, 0) is 41.0 Å². The summed E-state index contributed by atoms with van der Waals surface area (Å²) in [6.07, 6.45) is -10.1. The van der Waals surface area contributed by atoms with E-state index in [2.05, 4.69) is 4.74 Å². The Balaban J connectivity index is 2.46. The van der Waals surface area contributed by atoms with Crippen molar-refractivity contribution in [3.8, 4) is 16.9 Å². The molecule has 0 heterocycles. The summed E-state index contributed by atoms with van der Waals surface area (Å²) in [7, 11) is 0. The summed E-state index contributed by atoms with van der Waals surface area (Å²) in [5.74, 6) is -1.79. The number of carboxylic acid groups (broad SMARTS) is 1. The third-order valence-corrected chi connectivity index (χ3v) is 3.18. The lowest BCUT2D eigenvalue weighted by molar-refractivity contribution is -0.274. The molecular formula is C16H10F6O3. The summed E-state index contributed by atoms with van der Waals surface area (Å²) in [5.41, 5.74) is -0.787. The molecule has 2 rings (SSSR count). The van der Waals surface area contributed by atoms with Crippen LogP contribution in [-0.4, -0.2) is 17.4 Å². The van der Waals surface area contributed by atoms with Crippen molar-refractivity contribution in [3.63, 3.8) is 0 Å². The van der Waals surface area contributed by atoms with Crippen LogP contribution >= 0.6 is 0 Å². The first-order valence-electron chi connectivity index (χ1n) is 6.74. The van der Waals surface area contributed by atoms with Crippen molar-refractivity contribution in [3.05, 3.63) is 53.6 Å². The molecule has 0 bridgehead atoms. The predicted octanol–water partition coefficient (Wildman–Crippen LogP) is 4.90. The Kier molecular flexibility index (Phi) is 4.96. The van der Waals surface area contributed by atoms with Crippen LogP contribution < -0.4 is 4.74 Å². The third kappa shape index (κ3) is 5.13. The van der Waals surface area contributed by atoms with Crippen LogP contribution in [0.15, 0.2) is 42.5 Å². The molecule has 3 nitrogen and oxygen atoms in total. The minimum absolute atomic E-state index is 0.0317. The Morgan fingerprint density at radius 1 is 0.960 bits per heavy atom. The lowest BCUT2D eigenvalue weighted by Gasteiger charge is -2.14. The fraction of sp³-hybridized carbons (Fsp3) is 0.188. The summed E-state index contributed by atoms with van der Waals surface area (Å²) in [5, 5.41) is 8.87. The van der Waals surface area contributed by atoms with Gasteiger partial charge in [0.25, 0.3) is 0 Å². The quantitative estimate of drug-likeness (QED) is 0.785. The van der Waals surface area contributed by atoms with Gasteiger partial charge in [-0.1, -0.05) is 18.2 Å². The highest BCUT2D eigenvalue weighted by molar-refractivity contribution is 5.77. The van der Waals surface area contributed by atoms with Crippen molar-refractivity contribution in [2.75, 3.05) is 0 Å². The van der Waals surface area contributed by atoms with Crippen LogP contribution in [0, 0.1) is 0 Å². The maximum absolute atomic E-state index is 12.9. The van der Waals surface area contributed by atoms with Gasteiger partial charge < -0.3 is 9.84 Å². The molecule has 0 aromatic heterocycles. The molecule has 0 aliphatic heterocycles. The number of hydrogen-bond donors (Lipinski definition) is 1. The van der Waals surface area contributed by atoms with E-state index >= 15 is 0 Å². The molecule has 0 aliphatic rings. The minimum atomic E-state index is -4.90. The molecule has 9 heteroatoms. The van der Waals surface area contributed by atoms with E-state index in [1.165, 1.54) is 0 Å². The van der Waals surface area contributed by atoms with E-state index in [0.29, 0.717) is 0 Å². The van der Waals surface area contributed by atoms with Gasteiger partial charge in [-0.25, -0.2) is 0 Å². The molecule has 1 N–H and O–H groups in total. The van der Waals surface area contributed by atoms with Crippen LogP contribution in [0.1, 0.15) is 11.1 Å². The number of carbonyl (C=O) groups is 1. The summed E-state index contributed by atoms with van der Waals surface area (Å²) < 4.78 is 78.7. The average molecular weight is 364 g/mol. The number of hydrogen-bond acceptors (Lipinski definition) is 2. The molecule has 0 atom stereocenters. The zero-order chi connectivity index (χ0) is 18.8. The van der Waals surface area contributed by atoms with Crippen LogP contribution in [0.3, 0.4) is 0 Å². The first-order valence-corrected chi connectivity index (χ1v) is 6.74. The Hall–Kier alpha value is -2.71. The lowest BCUT2D eigenvalue weighted by atomic mass is 9.95. The fourth-order valence-corrected chi connectivity index (χ4v) is 2.17. The second-order valence-corrected chi connectivity index (χ2v) is 5.01. The molecule has 134 valence electrons. The van der Waals surface area contributed by atoms with Crippen molar-refractivity contribution in [1.82, 2.24) is 0 Å². The van der Waals surface area contributed by atoms with Gasteiger partial charge in [0.1, 0.15) is 5.75 Å². The number of carboxylic acids is 1. The van der Waals surface area contributed by atoms with Crippen molar-refractivity contribution < 1.29 is 41.0 Å². The smallest absolute Gasteiger partial charge is 0.481 e. The molecule has 0 saturated carbocycles. The minimum Gasteiger partial charge on any atom is -0.481 e. The van der Waals surface area contributed by atoms with E-state index in [4.69, 9.17) is 5.11 Å². The van der Waals surface area contributed by atoms with Crippen LogP contribution in [0.5, 0.6) is 5.75 Å². The molecule has 0 fully saturated rings. The Morgan fingerprint density at radius 3 is 2.04 bits per heavy atom. The van der Waals surface area contributed by atoms with Gasteiger partial charge in [-0.15, -0.1) is 13.2 Å². The second kappa shape index (κ2) is 6.66. The maximum atomic E-state index is 12.9. The maximum Gasteiger partial charge on any atom is 0.573 e.